The van der Waals surface area contributed by atoms with Crippen LogP contribution in [0.1, 0.15) is 32.1 Å². The molecule has 1 aliphatic carbocycles. The van der Waals surface area contributed by atoms with E-state index in [-0.39, 0.29) is 0 Å². The largest absolute Gasteiger partial charge is 0.477 e. The Bertz CT molecular complexity index is 310. The molecule has 82 valence electrons. The minimum Gasteiger partial charge on any atom is -0.477 e. The third kappa shape index (κ3) is 3.18. The summed E-state index contributed by atoms with van der Waals surface area (Å²) in [5, 5.41) is 0. The predicted octanol–water partition coefficient (Wildman–Crippen LogP) is 3.18. The van der Waals surface area contributed by atoms with Crippen molar-refractivity contribution < 1.29 is 9.13 Å². The van der Waals surface area contributed by atoms with Crippen molar-refractivity contribution >= 4 is 0 Å². The van der Waals surface area contributed by atoms with E-state index < -0.39 is 5.95 Å². The van der Waals surface area contributed by atoms with Crippen LogP contribution >= 0.6 is 0 Å². The molecule has 1 heterocycles. The van der Waals surface area contributed by atoms with Crippen molar-refractivity contribution in [3.05, 3.63) is 24.1 Å². The molecule has 1 aliphatic rings. The number of pyridine rings is 1. The van der Waals surface area contributed by atoms with Crippen LogP contribution in [-0.4, -0.2) is 11.6 Å². The van der Waals surface area contributed by atoms with Crippen LogP contribution in [0.5, 0.6) is 5.88 Å². The second kappa shape index (κ2) is 5.10. The van der Waals surface area contributed by atoms with Crippen molar-refractivity contribution in [2.75, 3.05) is 6.61 Å². The summed E-state index contributed by atoms with van der Waals surface area (Å²) in [6, 6.07) is 4.65. The lowest BCUT2D eigenvalue weighted by Crippen LogP contribution is -2.15. The van der Waals surface area contributed by atoms with Crippen molar-refractivity contribution in [3.8, 4) is 5.88 Å². The lowest BCUT2D eigenvalue weighted by atomic mass is 9.90. The van der Waals surface area contributed by atoms with Gasteiger partial charge < -0.3 is 4.74 Å². The van der Waals surface area contributed by atoms with Gasteiger partial charge in [0.1, 0.15) is 0 Å². The molecule has 0 aliphatic heterocycles. The van der Waals surface area contributed by atoms with Gasteiger partial charge in [-0.05, 0) is 24.8 Å². The lowest BCUT2D eigenvalue weighted by Gasteiger charge is -2.21. The van der Waals surface area contributed by atoms with Gasteiger partial charge in [0.2, 0.25) is 11.8 Å². The molecule has 0 N–H and O–H groups in total. The molecule has 1 aromatic rings. The molecule has 1 aromatic heterocycles. The summed E-state index contributed by atoms with van der Waals surface area (Å²) < 4.78 is 18.2. The Morgan fingerprint density at radius 1 is 1.27 bits per heavy atom. The summed E-state index contributed by atoms with van der Waals surface area (Å²) in [5.74, 6) is 0.556. The Labute approximate surface area is 89.5 Å². The van der Waals surface area contributed by atoms with Gasteiger partial charge in [0.05, 0.1) is 6.61 Å². The van der Waals surface area contributed by atoms with Gasteiger partial charge in [-0.1, -0.05) is 25.3 Å². The van der Waals surface area contributed by atoms with Gasteiger partial charge in [0.15, 0.2) is 0 Å². The first-order chi connectivity index (χ1) is 7.34. The van der Waals surface area contributed by atoms with E-state index in [0.717, 1.165) is 0 Å². The third-order valence-electron chi connectivity index (χ3n) is 2.88. The average Bonchev–Trinajstić information content (AvgIpc) is 2.28. The first-order valence-electron chi connectivity index (χ1n) is 5.60. The second-order valence-corrected chi connectivity index (χ2v) is 4.11. The molecule has 0 spiro atoms. The van der Waals surface area contributed by atoms with Crippen LogP contribution in [0.25, 0.3) is 0 Å². The minimum atomic E-state index is -0.476. The number of nitrogens with zero attached hydrogens (tertiary/aromatic N) is 1. The average molecular weight is 209 g/mol. The normalized spacial score (nSPS) is 17.7. The van der Waals surface area contributed by atoms with Gasteiger partial charge in [-0.3, -0.25) is 0 Å². The van der Waals surface area contributed by atoms with Crippen LogP contribution < -0.4 is 4.74 Å². The van der Waals surface area contributed by atoms with E-state index in [1.807, 2.05) is 0 Å². The Kier molecular flexibility index (Phi) is 3.54. The number of halogens is 1. The van der Waals surface area contributed by atoms with Crippen LogP contribution in [0.15, 0.2) is 18.2 Å². The highest BCUT2D eigenvalue weighted by Crippen LogP contribution is 2.24. The molecule has 0 saturated heterocycles. The first kappa shape index (κ1) is 10.4. The maximum absolute atomic E-state index is 12.7. The zero-order chi connectivity index (χ0) is 10.5. The molecule has 15 heavy (non-hydrogen) atoms. The standard InChI is InChI=1S/C12H16FNO/c13-11-7-4-8-12(14-11)15-9-10-5-2-1-3-6-10/h4,7-8,10H,1-3,5-6,9H2. The number of hydrogen-bond acceptors (Lipinski definition) is 2. The van der Waals surface area contributed by atoms with Gasteiger partial charge in [-0.2, -0.15) is 9.37 Å². The number of ether oxygens (including phenoxy) is 1. The number of hydrogen-bond donors (Lipinski definition) is 0. The SMILES string of the molecule is Fc1cccc(OCC2CCCCC2)n1. The topological polar surface area (TPSA) is 22.1 Å². The molecule has 0 amide bonds. The Morgan fingerprint density at radius 3 is 2.80 bits per heavy atom. The summed E-state index contributed by atoms with van der Waals surface area (Å²) in [4.78, 5) is 3.67. The van der Waals surface area contributed by atoms with E-state index in [9.17, 15) is 4.39 Å². The van der Waals surface area contributed by atoms with Crippen molar-refractivity contribution in [2.45, 2.75) is 32.1 Å². The highest BCUT2D eigenvalue weighted by atomic mass is 19.1. The van der Waals surface area contributed by atoms with Gasteiger partial charge in [0, 0.05) is 6.07 Å². The molecule has 1 fully saturated rings. The first-order valence-corrected chi connectivity index (χ1v) is 5.60. The summed E-state index contributed by atoms with van der Waals surface area (Å²) >= 11 is 0. The van der Waals surface area contributed by atoms with E-state index in [1.165, 1.54) is 38.2 Å². The molecular weight excluding hydrogens is 193 g/mol. The smallest absolute Gasteiger partial charge is 0.216 e. The molecule has 0 atom stereocenters. The fraction of sp³-hybridized carbons (Fsp3) is 0.583. The van der Waals surface area contributed by atoms with Gasteiger partial charge in [0.25, 0.3) is 0 Å². The van der Waals surface area contributed by atoms with Gasteiger partial charge in [-0.15, -0.1) is 0 Å². The van der Waals surface area contributed by atoms with E-state index in [1.54, 1.807) is 12.1 Å². The Balaban J connectivity index is 1.81. The van der Waals surface area contributed by atoms with Crippen LogP contribution in [0, 0.1) is 11.9 Å². The maximum Gasteiger partial charge on any atom is 0.216 e. The van der Waals surface area contributed by atoms with E-state index in [4.69, 9.17) is 4.74 Å². The fourth-order valence-electron chi connectivity index (χ4n) is 2.03. The summed E-state index contributed by atoms with van der Waals surface area (Å²) in [6.07, 6.45) is 6.40. The molecule has 0 unspecified atom stereocenters. The molecule has 2 rings (SSSR count). The lowest BCUT2D eigenvalue weighted by molar-refractivity contribution is 0.201. The van der Waals surface area contributed by atoms with Crippen LogP contribution in [0.2, 0.25) is 0 Å². The quantitative estimate of drug-likeness (QED) is 0.713. The predicted molar refractivity (Wildman–Crippen MR) is 56.3 cm³/mol. The molecule has 1 saturated carbocycles. The minimum absolute atomic E-state index is 0.403. The summed E-state index contributed by atoms with van der Waals surface area (Å²) in [5.41, 5.74) is 0. The molecule has 0 aromatic carbocycles. The highest BCUT2D eigenvalue weighted by molar-refractivity contribution is 5.10. The van der Waals surface area contributed by atoms with Crippen LogP contribution in [-0.2, 0) is 0 Å². The molecule has 0 bridgehead atoms. The van der Waals surface area contributed by atoms with Crippen LogP contribution in [0.3, 0.4) is 0 Å². The Hall–Kier alpha value is -1.12. The molecule has 3 heteroatoms. The van der Waals surface area contributed by atoms with Crippen molar-refractivity contribution in [2.24, 2.45) is 5.92 Å². The van der Waals surface area contributed by atoms with Crippen molar-refractivity contribution in [1.29, 1.82) is 0 Å². The van der Waals surface area contributed by atoms with E-state index in [0.29, 0.717) is 18.4 Å². The van der Waals surface area contributed by atoms with Crippen LogP contribution in [0.4, 0.5) is 4.39 Å². The monoisotopic (exact) mass is 209 g/mol. The van der Waals surface area contributed by atoms with E-state index in [2.05, 4.69) is 4.98 Å². The summed E-state index contributed by atoms with van der Waals surface area (Å²) in [7, 11) is 0. The highest BCUT2D eigenvalue weighted by Gasteiger charge is 2.14. The Morgan fingerprint density at radius 2 is 2.07 bits per heavy atom. The zero-order valence-electron chi connectivity index (χ0n) is 8.79. The van der Waals surface area contributed by atoms with Gasteiger partial charge >= 0.3 is 0 Å². The third-order valence-corrected chi connectivity index (χ3v) is 2.88. The molecule has 0 radical (unpaired) electrons. The summed E-state index contributed by atoms with van der Waals surface area (Å²) in [6.45, 7) is 0.677. The van der Waals surface area contributed by atoms with Crippen molar-refractivity contribution in [3.63, 3.8) is 0 Å². The molecule has 2 nitrogen and oxygen atoms in total. The fourth-order valence-corrected chi connectivity index (χ4v) is 2.03. The zero-order valence-corrected chi connectivity index (χ0v) is 8.79. The molecular formula is C12H16FNO. The van der Waals surface area contributed by atoms with E-state index >= 15 is 0 Å². The second-order valence-electron chi connectivity index (χ2n) is 4.11. The maximum atomic E-state index is 12.7. The number of aromatic nitrogens is 1. The van der Waals surface area contributed by atoms with Gasteiger partial charge in [-0.25, -0.2) is 0 Å². The van der Waals surface area contributed by atoms with Crippen molar-refractivity contribution in [1.82, 2.24) is 4.98 Å². The number of rotatable bonds is 3.